The van der Waals surface area contributed by atoms with E-state index in [9.17, 15) is 9.59 Å². The maximum atomic E-state index is 15.3. The number of hydrogen-bond acceptors (Lipinski definition) is 11. The average molecular weight is 938 g/mol. The molecule has 3 fully saturated rings. The maximum Gasteiger partial charge on any atom is 0.324 e. The molecular weight excluding hydrogens is 873 g/mol. The summed E-state index contributed by atoms with van der Waals surface area (Å²) in [5.74, 6) is -0.779. The van der Waals surface area contributed by atoms with Gasteiger partial charge in [-0.05, 0) is 92.3 Å². The number of thioether (sulfide) groups is 1. The maximum absolute atomic E-state index is 15.3. The van der Waals surface area contributed by atoms with Crippen LogP contribution in [0.15, 0.2) is 41.9 Å². The standard InChI is InChI=1S/C48H65N8O6SSi2/c1-10-55-35-16-15-30-23-32(35)33(39(55)31-13-11-17-50-41(31)47(6,64)61-9)24-46(4,5)27-62-43(58)34-14-12-20-56(51-34)44(59)48(25-37-52(7)36(30)26-63-37)28-65-42(48)40(57)38(29(2)3)53(8)45(60)54-21-18-49-19-22-54/h11,13,15-17,23,26,29,34,37-38,42,49,51H,10,12,14,18-22,24-25,27-28H2,1-9H3/t34-,37?,38-,42?,47+,48-/m0/s1. The summed E-state index contributed by atoms with van der Waals surface area (Å²) in [5.41, 5.74) is 8.27. The Balaban J connectivity index is 1.21. The molecule has 347 valence electrons. The van der Waals surface area contributed by atoms with E-state index in [1.807, 2.05) is 31.7 Å². The van der Waals surface area contributed by atoms with E-state index in [0.717, 1.165) is 44.7 Å². The molecule has 5 radical (unpaired) electrons. The number of Topliss-reactive ketones (excluding diaryl/α,β-unsaturated/α-hetero) is 1. The first kappa shape index (κ1) is 47.5. The van der Waals surface area contributed by atoms with Gasteiger partial charge in [-0.15, -0.1) is 11.8 Å². The van der Waals surface area contributed by atoms with Crippen molar-refractivity contribution < 1.29 is 28.7 Å². The molecule has 8 rings (SSSR count). The van der Waals surface area contributed by atoms with Gasteiger partial charge in [0.15, 0.2) is 5.78 Å². The lowest BCUT2D eigenvalue weighted by molar-refractivity contribution is -0.159. The third kappa shape index (κ3) is 8.73. The van der Waals surface area contributed by atoms with Gasteiger partial charge in [-0.1, -0.05) is 33.8 Å². The fourth-order valence-electron chi connectivity index (χ4n) is 10.6. The van der Waals surface area contributed by atoms with E-state index in [0.29, 0.717) is 71.0 Å². The number of pyridine rings is 1. The van der Waals surface area contributed by atoms with Crippen LogP contribution in [-0.2, 0) is 42.0 Å². The Kier molecular flexibility index (Phi) is 13.6. The van der Waals surface area contributed by atoms with Crippen molar-refractivity contribution in [1.29, 1.82) is 0 Å². The van der Waals surface area contributed by atoms with Gasteiger partial charge in [-0.2, -0.15) is 0 Å². The van der Waals surface area contributed by atoms with Crippen LogP contribution in [0.1, 0.15) is 77.6 Å². The summed E-state index contributed by atoms with van der Waals surface area (Å²) in [6.07, 6.45) is 3.95. The largest absolute Gasteiger partial charge is 0.464 e. The zero-order valence-electron chi connectivity index (χ0n) is 39.5. The Morgan fingerprint density at radius 1 is 1.17 bits per heavy atom. The van der Waals surface area contributed by atoms with Gasteiger partial charge in [-0.3, -0.25) is 24.4 Å². The Morgan fingerprint density at radius 2 is 1.92 bits per heavy atom. The van der Waals surface area contributed by atoms with Gasteiger partial charge in [0.25, 0.3) is 0 Å². The number of cyclic esters (lactones) is 1. The number of piperazine rings is 1. The number of esters is 1. The first-order valence-corrected chi connectivity index (χ1v) is 25.9. The Morgan fingerprint density at radius 3 is 2.60 bits per heavy atom. The van der Waals surface area contributed by atoms with E-state index in [-0.39, 0.29) is 45.1 Å². The number of carbonyl (C=O) groups is 4. The molecule has 5 aliphatic rings. The van der Waals surface area contributed by atoms with Crippen molar-refractivity contribution in [1.82, 2.24) is 40.0 Å². The van der Waals surface area contributed by atoms with Crippen LogP contribution in [0.25, 0.3) is 27.9 Å². The number of benzene rings is 1. The number of methoxy groups -OCH3 is 1. The first-order chi connectivity index (χ1) is 30.9. The molecule has 65 heavy (non-hydrogen) atoms. The molecule has 3 aromatic rings. The van der Waals surface area contributed by atoms with Crippen molar-refractivity contribution in [2.24, 2.45) is 16.7 Å². The summed E-state index contributed by atoms with van der Waals surface area (Å²) in [6, 6.07) is 9.71. The monoisotopic (exact) mass is 937 g/mol. The van der Waals surface area contributed by atoms with Gasteiger partial charge >= 0.3 is 12.0 Å². The number of fused-ring (bicyclic) bond motifs is 6. The van der Waals surface area contributed by atoms with E-state index >= 15 is 9.59 Å². The smallest absolute Gasteiger partial charge is 0.324 e. The molecule has 0 aliphatic carbocycles. The second-order valence-corrected chi connectivity index (χ2v) is 23.1. The van der Waals surface area contributed by atoms with Gasteiger partial charge in [-0.25, -0.2) is 10.2 Å². The van der Waals surface area contributed by atoms with Crippen LogP contribution in [0.5, 0.6) is 0 Å². The quantitative estimate of drug-likeness (QED) is 0.219. The summed E-state index contributed by atoms with van der Waals surface area (Å²) in [5, 5.41) is 7.22. The highest BCUT2D eigenvalue weighted by Gasteiger charge is 2.60. The average Bonchev–Trinajstić information content (AvgIpc) is 3.81. The van der Waals surface area contributed by atoms with Crippen LogP contribution >= 0.6 is 11.8 Å². The zero-order valence-corrected chi connectivity index (χ0v) is 42.3. The summed E-state index contributed by atoms with van der Waals surface area (Å²) in [4.78, 5) is 69.0. The predicted octanol–water partition coefficient (Wildman–Crippen LogP) is 5.49. The van der Waals surface area contributed by atoms with Crippen molar-refractivity contribution in [3.8, 4) is 11.3 Å². The fraction of sp³-hybridized carbons (Fsp3) is 0.604. The molecular formula is C48H65N8O6SSi2. The predicted molar refractivity (Wildman–Crippen MR) is 257 cm³/mol. The summed E-state index contributed by atoms with van der Waals surface area (Å²) in [6.45, 7) is 16.2. The topological polar surface area (TPSA) is 142 Å². The lowest BCUT2D eigenvalue weighted by Gasteiger charge is -2.53. The molecule has 2 N–H and O–H groups in total. The van der Waals surface area contributed by atoms with Gasteiger partial charge in [0.1, 0.15) is 6.04 Å². The van der Waals surface area contributed by atoms with Crippen LogP contribution in [-0.4, -0.2) is 151 Å². The van der Waals surface area contributed by atoms with Gasteiger partial charge in [0.2, 0.25) is 5.91 Å². The second-order valence-electron chi connectivity index (χ2n) is 19.8. The van der Waals surface area contributed by atoms with Crippen molar-refractivity contribution in [3.05, 3.63) is 58.8 Å². The van der Waals surface area contributed by atoms with Gasteiger partial charge < -0.3 is 34.1 Å². The number of rotatable bonds is 8. The van der Waals surface area contributed by atoms with E-state index in [2.05, 4.69) is 87.9 Å². The SMILES string of the molecule is CCn1c(-c2cccnc2[C@@](C)([Si])OC)c2c3cc(ccc31)C1=CSC(C[C@@]3(C[Si]C3C(=O)[C@H](C(C)C)N(C)C(=O)N3CCNCC3)C(=O)N3CCC[C@H](N3)C(=O)OCC(C)(C)C2)N1C. The van der Waals surface area contributed by atoms with Crippen molar-refractivity contribution in [2.75, 3.05) is 60.5 Å². The summed E-state index contributed by atoms with van der Waals surface area (Å²) >= 11 is 1.68. The Bertz CT molecular complexity index is 2370. The number of hydrazine groups is 1. The highest BCUT2D eigenvalue weighted by atomic mass is 32.2. The summed E-state index contributed by atoms with van der Waals surface area (Å²) < 4.78 is 14.5. The lowest BCUT2D eigenvalue weighted by Crippen LogP contribution is -2.65. The van der Waals surface area contributed by atoms with Crippen LogP contribution in [0.2, 0.25) is 11.6 Å². The third-order valence-corrected chi connectivity index (χ3v) is 18.0. The molecule has 1 aromatic carbocycles. The minimum Gasteiger partial charge on any atom is -0.464 e. The molecule has 2 unspecified atom stereocenters. The number of ketones is 1. The highest BCUT2D eigenvalue weighted by molar-refractivity contribution is 8.03. The van der Waals surface area contributed by atoms with Crippen LogP contribution in [0.4, 0.5) is 4.79 Å². The molecule has 5 aliphatic heterocycles. The first-order valence-electron chi connectivity index (χ1n) is 23.2. The molecule has 17 heteroatoms. The Labute approximate surface area is 394 Å². The number of ether oxygens (including phenoxy) is 2. The van der Waals surface area contributed by atoms with Gasteiger partial charge in [0.05, 0.1) is 65.5 Å². The minimum absolute atomic E-state index is 0.0586. The molecule has 0 saturated carbocycles. The van der Waals surface area contributed by atoms with Crippen molar-refractivity contribution in [2.45, 2.75) is 108 Å². The number of nitrogens with zero attached hydrogens (tertiary/aromatic N) is 6. The highest BCUT2D eigenvalue weighted by Crippen LogP contribution is 2.56. The summed E-state index contributed by atoms with van der Waals surface area (Å²) in [7, 11) is 9.61. The molecule has 3 amide bonds. The van der Waals surface area contributed by atoms with Gasteiger partial charge in [0, 0.05) is 94.1 Å². The van der Waals surface area contributed by atoms with Crippen molar-refractivity contribution >= 4 is 71.8 Å². The molecule has 7 heterocycles. The fourth-order valence-corrected chi connectivity index (χ4v) is 13.9. The van der Waals surface area contributed by atoms with Crippen LogP contribution in [0, 0.1) is 16.7 Å². The van der Waals surface area contributed by atoms with E-state index in [1.165, 1.54) is 0 Å². The molecule has 1 spiro atoms. The number of carbonyl (C=O) groups excluding carboxylic acids is 4. The number of aryl methyl sites for hydroxylation is 1. The third-order valence-electron chi connectivity index (χ3n) is 14.3. The minimum atomic E-state index is -1.04. The molecule has 6 bridgehead atoms. The zero-order chi connectivity index (χ0) is 46.6. The van der Waals surface area contributed by atoms with Crippen LogP contribution < -0.4 is 10.7 Å². The number of nitrogens with one attached hydrogen (secondary N) is 2. The van der Waals surface area contributed by atoms with E-state index in [1.54, 1.807) is 42.0 Å². The number of aromatic nitrogens is 2. The molecule has 6 atom stereocenters. The van der Waals surface area contributed by atoms with E-state index < -0.39 is 39.6 Å². The second kappa shape index (κ2) is 18.6. The number of likely N-dealkylation sites (N-methyl/N-ethyl adjacent to an activating group) is 1. The number of amides is 3. The van der Waals surface area contributed by atoms with E-state index in [4.69, 9.17) is 14.5 Å². The molecule has 2 aromatic heterocycles. The normalized spacial score (nSPS) is 26.4. The number of urea groups is 1. The molecule has 14 nitrogen and oxygen atoms in total. The van der Waals surface area contributed by atoms with Crippen molar-refractivity contribution in [3.63, 3.8) is 0 Å². The van der Waals surface area contributed by atoms with Crippen LogP contribution in [0.3, 0.4) is 0 Å². The Hall–Kier alpha value is -4.01. The lowest BCUT2D eigenvalue weighted by atomic mass is 9.75. The molecule has 3 saturated heterocycles. The number of hydrogen-bond donors (Lipinski definition) is 2.